The van der Waals surface area contributed by atoms with Gasteiger partial charge in [-0.25, -0.2) is 13.4 Å². The lowest BCUT2D eigenvalue weighted by Gasteiger charge is -2.06. The van der Waals surface area contributed by atoms with Gasteiger partial charge < -0.3 is 10.6 Å². The maximum Gasteiger partial charge on any atom is 0.234 e. The number of likely N-dealkylation sites (N-methyl/N-ethyl adjacent to an activating group) is 1. The second kappa shape index (κ2) is 2.87. The average Bonchev–Trinajstić information content (AvgIpc) is 2.04. The molecular weight excluding hydrogens is 178 g/mol. The van der Waals surface area contributed by atoms with Gasteiger partial charge >= 0.3 is 0 Å². The predicted octanol–water partition coefficient (Wildman–Crippen LogP) is -0.867. The second-order valence-corrected chi connectivity index (χ2v) is 4.59. The number of nitrogens with two attached hydrogens (primary N) is 1. The smallest absolute Gasteiger partial charge is 0.234 e. The van der Waals surface area contributed by atoms with Crippen LogP contribution >= 0.6 is 0 Å². The highest BCUT2D eigenvalue weighted by Gasteiger charge is 2.21. The third-order valence-corrected chi connectivity index (χ3v) is 2.57. The average molecular weight is 189 g/mol. The van der Waals surface area contributed by atoms with E-state index in [2.05, 4.69) is 4.99 Å². The number of sulfone groups is 1. The van der Waals surface area contributed by atoms with E-state index in [1.165, 1.54) is 0 Å². The molecule has 2 N–H and O–H groups in total. The van der Waals surface area contributed by atoms with Crippen molar-refractivity contribution in [1.29, 1.82) is 0 Å². The lowest BCUT2D eigenvalue weighted by molar-refractivity contribution is 0.444. The molecule has 0 atom stereocenters. The van der Waals surface area contributed by atoms with Crippen LogP contribution in [0.2, 0.25) is 0 Å². The molecule has 6 heteroatoms. The van der Waals surface area contributed by atoms with Gasteiger partial charge in [-0.15, -0.1) is 0 Å². The molecule has 0 amide bonds. The number of amidine groups is 1. The Bertz CT molecular complexity index is 340. The SMILES string of the molecule is CN(C)CC1=CS(=O)(=O)C(N)=N1. The molecule has 0 aliphatic carbocycles. The van der Waals surface area contributed by atoms with Gasteiger partial charge in [0.2, 0.25) is 15.0 Å². The van der Waals surface area contributed by atoms with Gasteiger partial charge in [0.05, 0.1) is 11.1 Å². The molecule has 1 aliphatic rings. The summed E-state index contributed by atoms with van der Waals surface area (Å²) in [5, 5.41) is 0.793. The minimum Gasteiger partial charge on any atom is -0.374 e. The summed E-state index contributed by atoms with van der Waals surface area (Å²) in [5.74, 6) is 0. The standard InChI is InChI=1S/C6H11N3O2S/c1-9(2)3-5-4-12(10,11)6(7)8-5/h4H,3H2,1-2H3,(H2,7,8). The third-order valence-electron chi connectivity index (χ3n) is 1.31. The van der Waals surface area contributed by atoms with E-state index < -0.39 is 9.84 Å². The monoisotopic (exact) mass is 189 g/mol. The fourth-order valence-corrected chi connectivity index (χ4v) is 1.72. The van der Waals surface area contributed by atoms with Crippen LogP contribution in [0.25, 0.3) is 0 Å². The van der Waals surface area contributed by atoms with E-state index in [4.69, 9.17) is 5.73 Å². The molecule has 1 rings (SSSR count). The third kappa shape index (κ3) is 1.83. The molecule has 0 radical (unpaired) electrons. The van der Waals surface area contributed by atoms with Crippen molar-refractivity contribution in [2.24, 2.45) is 10.7 Å². The fourth-order valence-electron chi connectivity index (χ4n) is 0.868. The maximum atomic E-state index is 11.0. The molecule has 12 heavy (non-hydrogen) atoms. The van der Waals surface area contributed by atoms with Gasteiger partial charge in [-0.2, -0.15) is 0 Å². The first kappa shape index (κ1) is 9.21. The highest BCUT2D eigenvalue weighted by Crippen LogP contribution is 2.11. The first-order chi connectivity index (χ1) is 5.42. The van der Waals surface area contributed by atoms with Crippen molar-refractivity contribution in [2.75, 3.05) is 20.6 Å². The van der Waals surface area contributed by atoms with Crippen LogP contribution < -0.4 is 5.73 Å². The van der Waals surface area contributed by atoms with Gasteiger partial charge in [0.15, 0.2) is 0 Å². The molecule has 0 spiro atoms. The van der Waals surface area contributed by atoms with Crippen LogP contribution in [0.1, 0.15) is 0 Å². The van der Waals surface area contributed by atoms with Crippen LogP contribution in [0, 0.1) is 0 Å². The Labute approximate surface area is 71.5 Å². The summed E-state index contributed by atoms with van der Waals surface area (Å²) in [4.78, 5) is 5.53. The number of hydrogen-bond donors (Lipinski definition) is 1. The first-order valence-electron chi connectivity index (χ1n) is 3.36. The van der Waals surface area contributed by atoms with Gasteiger partial charge in [0.25, 0.3) is 0 Å². The molecule has 0 fully saturated rings. The summed E-state index contributed by atoms with van der Waals surface area (Å²) in [6, 6.07) is 0. The highest BCUT2D eigenvalue weighted by molar-refractivity contribution is 8.09. The number of hydrogen-bond acceptors (Lipinski definition) is 5. The van der Waals surface area contributed by atoms with Crippen molar-refractivity contribution in [2.45, 2.75) is 0 Å². The van der Waals surface area contributed by atoms with Crippen LogP contribution in [0.15, 0.2) is 16.1 Å². The lowest BCUT2D eigenvalue weighted by Crippen LogP contribution is -2.18. The van der Waals surface area contributed by atoms with Crippen LogP contribution in [0.5, 0.6) is 0 Å². The van der Waals surface area contributed by atoms with Crippen molar-refractivity contribution in [3.8, 4) is 0 Å². The quantitative estimate of drug-likeness (QED) is 0.613. The summed E-state index contributed by atoms with van der Waals surface area (Å²) in [5.41, 5.74) is 5.65. The Kier molecular flexibility index (Phi) is 2.20. The molecule has 68 valence electrons. The number of nitrogens with zero attached hydrogens (tertiary/aromatic N) is 2. The Morgan fingerprint density at radius 3 is 2.50 bits per heavy atom. The molecule has 5 nitrogen and oxygen atoms in total. The fraction of sp³-hybridized carbons (Fsp3) is 0.500. The Morgan fingerprint density at radius 2 is 2.17 bits per heavy atom. The van der Waals surface area contributed by atoms with Crippen molar-refractivity contribution < 1.29 is 8.42 Å². The topological polar surface area (TPSA) is 75.8 Å². The normalized spacial score (nSPS) is 20.9. The van der Waals surface area contributed by atoms with Crippen molar-refractivity contribution in [3.05, 3.63) is 11.1 Å². The van der Waals surface area contributed by atoms with Gasteiger partial charge in [-0.05, 0) is 14.1 Å². The zero-order valence-electron chi connectivity index (χ0n) is 6.98. The second-order valence-electron chi connectivity index (χ2n) is 2.84. The molecule has 1 aliphatic heterocycles. The van der Waals surface area contributed by atoms with Crippen LogP contribution in [0.4, 0.5) is 0 Å². The lowest BCUT2D eigenvalue weighted by atomic mass is 10.5. The van der Waals surface area contributed by atoms with Gasteiger partial charge in [0, 0.05) is 6.54 Å². The predicted molar refractivity (Wildman–Crippen MR) is 47.2 cm³/mol. The highest BCUT2D eigenvalue weighted by atomic mass is 32.2. The van der Waals surface area contributed by atoms with E-state index in [1.54, 1.807) is 0 Å². The van der Waals surface area contributed by atoms with E-state index in [1.807, 2.05) is 19.0 Å². The van der Waals surface area contributed by atoms with E-state index in [-0.39, 0.29) is 5.17 Å². The van der Waals surface area contributed by atoms with Crippen molar-refractivity contribution in [3.63, 3.8) is 0 Å². The molecule has 1 heterocycles. The summed E-state index contributed by atoms with van der Waals surface area (Å²) in [7, 11) is 0.281. The minimum absolute atomic E-state index is 0.306. The first-order valence-corrected chi connectivity index (χ1v) is 4.91. The van der Waals surface area contributed by atoms with Gasteiger partial charge in [-0.1, -0.05) is 0 Å². The number of aliphatic imine (C=N–C) groups is 1. The summed E-state index contributed by atoms with van der Waals surface area (Å²) < 4.78 is 22.0. The van der Waals surface area contributed by atoms with Crippen molar-refractivity contribution in [1.82, 2.24) is 4.90 Å². The Balaban J connectivity index is 2.87. The molecule has 0 saturated carbocycles. The minimum atomic E-state index is -3.38. The zero-order chi connectivity index (χ0) is 9.35. The summed E-state index contributed by atoms with van der Waals surface area (Å²) >= 11 is 0. The largest absolute Gasteiger partial charge is 0.374 e. The van der Waals surface area contributed by atoms with Crippen LogP contribution in [0.3, 0.4) is 0 Å². The zero-order valence-corrected chi connectivity index (χ0v) is 7.80. The van der Waals surface area contributed by atoms with Gasteiger partial charge in [0.1, 0.15) is 0 Å². The maximum absolute atomic E-state index is 11.0. The molecule has 0 saturated heterocycles. The summed E-state index contributed by atoms with van der Waals surface area (Å²) in [6.45, 7) is 0.486. The Morgan fingerprint density at radius 1 is 1.58 bits per heavy atom. The summed E-state index contributed by atoms with van der Waals surface area (Å²) in [6.07, 6.45) is 0. The van der Waals surface area contributed by atoms with Gasteiger partial charge in [-0.3, -0.25) is 0 Å². The molecule has 0 bridgehead atoms. The molecule has 0 aromatic rings. The molecular formula is C6H11N3O2S. The van der Waals surface area contributed by atoms with Crippen molar-refractivity contribution >= 4 is 15.0 Å². The van der Waals surface area contributed by atoms with E-state index in [0.29, 0.717) is 12.2 Å². The van der Waals surface area contributed by atoms with E-state index >= 15 is 0 Å². The van der Waals surface area contributed by atoms with Crippen LogP contribution in [-0.4, -0.2) is 39.1 Å². The molecule has 0 aromatic heterocycles. The molecule has 0 aromatic carbocycles. The van der Waals surface area contributed by atoms with Crippen LogP contribution in [-0.2, 0) is 9.84 Å². The van der Waals surface area contributed by atoms with E-state index in [9.17, 15) is 8.42 Å². The Hall–Kier alpha value is -0.880. The number of rotatable bonds is 2. The molecule has 0 unspecified atom stereocenters. The van der Waals surface area contributed by atoms with E-state index in [0.717, 1.165) is 5.41 Å².